The molecule has 28 heavy (non-hydrogen) atoms. The number of aryl methyl sites for hydroxylation is 1. The zero-order chi connectivity index (χ0) is 21.2. The number of rotatable bonds is 12. The van der Waals surface area contributed by atoms with Gasteiger partial charge >= 0.3 is 5.97 Å². The number of hydrogen-bond donors (Lipinski definition) is 1. The van der Waals surface area contributed by atoms with E-state index in [0.29, 0.717) is 13.2 Å². The molecule has 0 unspecified atom stereocenters. The lowest BCUT2D eigenvalue weighted by Gasteiger charge is -2.10. The van der Waals surface area contributed by atoms with Crippen LogP contribution in [-0.4, -0.2) is 46.5 Å². The number of methoxy groups -OCH3 is 2. The largest absolute Gasteiger partial charge is 0.497 e. The molecule has 5 heteroatoms. The van der Waals surface area contributed by atoms with Gasteiger partial charge in [-0.15, -0.1) is 0 Å². The number of benzene rings is 1. The maximum absolute atomic E-state index is 10.9. The van der Waals surface area contributed by atoms with Crippen LogP contribution in [0.3, 0.4) is 0 Å². The first kappa shape index (κ1) is 25.9. The van der Waals surface area contributed by atoms with E-state index in [-0.39, 0.29) is 5.97 Å². The van der Waals surface area contributed by atoms with Crippen molar-refractivity contribution in [2.24, 2.45) is 0 Å². The average molecular weight is 392 g/mol. The molecular formula is C23H37NO4. The quantitative estimate of drug-likeness (QED) is 0.328. The first-order chi connectivity index (χ1) is 13.6. The zero-order valence-electron chi connectivity index (χ0n) is 18.3. The monoisotopic (exact) mass is 391 g/mol. The van der Waals surface area contributed by atoms with Gasteiger partial charge in [-0.2, -0.15) is 0 Å². The van der Waals surface area contributed by atoms with Crippen LogP contribution in [0.1, 0.15) is 38.3 Å². The summed E-state index contributed by atoms with van der Waals surface area (Å²) in [6.07, 6.45) is 7.72. The van der Waals surface area contributed by atoms with Crippen LogP contribution in [0, 0.1) is 6.92 Å². The van der Waals surface area contributed by atoms with Crippen molar-refractivity contribution in [3.05, 3.63) is 53.1 Å². The van der Waals surface area contributed by atoms with Gasteiger partial charge in [0.05, 0.1) is 13.7 Å². The molecule has 1 N–H and O–H groups in total. The molecule has 0 aliphatic heterocycles. The number of nitrogens with one attached hydrogen (secondary N) is 1. The Bertz CT molecular complexity index is 609. The summed E-state index contributed by atoms with van der Waals surface area (Å²) in [5.74, 6) is 0.623. The van der Waals surface area contributed by atoms with Crippen molar-refractivity contribution in [1.29, 1.82) is 0 Å². The van der Waals surface area contributed by atoms with E-state index < -0.39 is 0 Å². The third-order valence-electron chi connectivity index (χ3n) is 3.94. The lowest BCUT2D eigenvalue weighted by Crippen LogP contribution is -2.19. The van der Waals surface area contributed by atoms with Crippen molar-refractivity contribution in [2.45, 2.75) is 40.5 Å². The van der Waals surface area contributed by atoms with E-state index >= 15 is 0 Å². The summed E-state index contributed by atoms with van der Waals surface area (Å²) in [5, 5.41) is 3.46. The summed E-state index contributed by atoms with van der Waals surface area (Å²) in [5.41, 5.74) is 3.69. The minimum absolute atomic E-state index is 0.270. The second-order valence-corrected chi connectivity index (χ2v) is 5.98. The third-order valence-corrected chi connectivity index (χ3v) is 3.94. The third kappa shape index (κ3) is 12.3. The van der Waals surface area contributed by atoms with Gasteiger partial charge in [0.1, 0.15) is 12.4 Å². The lowest BCUT2D eigenvalue weighted by molar-refractivity contribution is -0.139. The van der Waals surface area contributed by atoms with Crippen molar-refractivity contribution < 1.29 is 19.0 Å². The van der Waals surface area contributed by atoms with Crippen LogP contribution in [0.25, 0.3) is 0 Å². The molecule has 0 fully saturated rings. The van der Waals surface area contributed by atoms with Crippen LogP contribution in [0.2, 0.25) is 0 Å². The predicted molar refractivity (Wildman–Crippen MR) is 116 cm³/mol. The highest BCUT2D eigenvalue weighted by atomic mass is 16.5. The van der Waals surface area contributed by atoms with E-state index in [1.165, 1.54) is 18.1 Å². The van der Waals surface area contributed by atoms with Crippen molar-refractivity contribution in [3.8, 4) is 5.75 Å². The van der Waals surface area contributed by atoms with Gasteiger partial charge in [-0.25, -0.2) is 0 Å². The van der Waals surface area contributed by atoms with Crippen LogP contribution < -0.4 is 10.1 Å². The normalized spacial score (nSPS) is 11.1. The highest BCUT2D eigenvalue weighted by Crippen LogP contribution is 2.17. The van der Waals surface area contributed by atoms with Gasteiger partial charge in [-0.1, -0.05) is 32.1 Å². The number of hydrogen-bond acceptors (Lipinski definition) is 5. The Kier molecular flexibility index (Phi) is 15.7. The molecule has 0 spiro atoms. The average Bonchev–Trinajstić information content (AvgIpc) is 2.70. The number of carbonyl (C=O) groups excluding carboxylic acids is 1. The van der Waals surface area contributed by atoms with Gasteiger partial charge in [0.2, 0.25) is 0 Å². The van der Waals surface area contributed by atoms with Gasteiger partial charge in [0, 0.05) is 14.0 Å². The summed E-state index contributed by atoms with van der Waals surface area (Å²) in [6.45, 7) is 10.1. The van der Waals surface area contributed by atoms with Crippen molar-refractivity contribution in [2.75, 3.05) is 40.5 Å². The molecule has 158 valence electrons. The van der Waals surface area contributed by atoms with Gasteiger partial charge in [0.25, 0.3) is 0 Å². The van der Waals surface area contributed by atoms with Crippen LogP contribution in [0.4, 0.5) is 0 Å². The lowest BCUT2D eigenvalue weighted by atomic mass is 10.1. The maximum Gasteiger partial charge on any atom is 0.302 e. The van der Waals surface area contributed by atoms with Gasteiger partial charge in [-0.05, 0) is 67.8 Å². The Morgan fingerprint density at radius 2 is 1.89 bits per heavy atom. The summed E-state index contributed by atoms with van der Waals surface area (Å²) in [6, 6.07) is 6.17. The van der Waals surface area contributed by atoms with E-state index in [4.69, 9.17) is 14.2 Å². The Morgan fingerprint density at radius 1 is 1.14 bits per heavy atom. The SMILES string of the molecule is CC.COC/C=C\C(=C/COC(C)=O)CCNCCc1cc(OC)ccc1C. The van der Waals surface area contributed by atoms with Crippen molar-refractivity contribution in [1.82, 2.24) is 5.32 Å². The highest BCUT2D eigenvalue weighted by Gasteiger charge is 2.01. The van der Waals surface area contributed by atoms with E-state index in [2.05, 4.69) is 24.4 Å². The van der Waals surface area contributed by atoms with Gasteiger partial charge < -0.3 is 19.5 Å². The molecular weight excluding hydrogens is 354 g/mol. The molecule has 1 aromatic rings. The summed E-state index contributed by atoms with van der Waals surface area (Å²) in [4.78, 5) is 10.9. The second-order valence-electron chi connectivity index (χ2n) is 5.98. The fourth-order valence-corrected chi connectivity index (χ4v) is 2.44. The van der Waals surface area contributed by atoms with Gasteiger partial charge in [-0.3, -0.25) is 4.79 Å². The number of esters is 1. The molecule has 0 saturated carbocycles. The highest BCUT2D eigenvalue weighted by molar-refractivity contribution is 5.66. The molecule has 0 radical (unpaired) electrons. The summed E-state index contributed by atoms with van der Waals surface area (Å²) in [7, 11) is 3.35. The molecule has 0 aromatic heterocycles. The van der Waals surface area contributed by atoms with Crippen LogP contribution in [0.5, 0.6) is 5.75 Å². The molecule has 0 saturated heterocycles. The predicted octanol–water partition coefficient (Wildman–Crippen LogP) is 4.24. The number of carbonyl (C=O) groups is 1. The molecule has 5 nitrogen and oxygen atoms in total. The van der Waals surface area contributed by atoms with Crippen molar-refractivity contribution >= 4 is 5.97 Å². The number of ether oxygens (including phenoxy) is 3. The first-order valence-corrected chi connectivity index (χ1v) is 9.89. The first-order valence-electron chi connectivity index (χ1n) is 9.89. The smallest absolute Gasteiger partial charge is 0.302 e. The zero-order valence-corrected chi connectivity index (χ0v) is 18.3. The minimum atomic E-state index is -0.270. The Labute approximate surface area is 170 Å². The molecule has 1 rings (SSSR count). The fraction of sp³-hybridized carbons (Fsp3) is 0.522. The summed E-state index contributed by atoms with van der Waals surface area (Å²) < 4.78 is 15.3. The van der Waals surface area contributed by atoms with E-state index in [1.807, 2.05) is 38.1 Å². The molecule has 0 heterocycles. The van der Waals surface area contributed by atoms with Crippen molar-refractivity contribution in [3.63, 3.8) is 0 Å². The Morgan fingerprint density at radius 3 is 2.54 bits per heavy atom. The molecule has 0 aliphatic carbocycles. The maximum atomic E-state index is 10.9. The fourth-order valence-electron chi connectivity index (χ4n) is 2.44. The van der Waals surface area contributed by atoms with Crippen LogP contribution in [-0.2, 0) is 20.7 Å². The van der Waals surface area contributed by atoms with Crippen LogP contribution in [0.15, 0.2) is 42.0 Å². The van der Waals surface area contributed by atoms with E-state index in [0.717, 1.165) is 37.3 Å². The topological polar surface area (TPSA) is 56.8 Å². The van der Waals surface area contributed by atoms with Crippen LogP contribution >= 0.6 is 0 Å². The number of allylic oxidation sites excluding steroid dienone is 1. The van der Waals surface area contributed by atoms with Gasteiger partial charge in [0.15, 0.2) is 0 Å². The molecule has 0 bridgehead atoms. The second kappa shape index (κ2) is 17.0. The molecule has 1 aromatic carbocycles. The summed E-state index contributed by atoms with van der Waals surface area (Å²) >= 11 is 0. The molecule has 0 atom stereocenters. The molecule has 0 amide bonds. The minimum Gasteiger partial charge on any atom is -0.497 e. The standard InChI is InChI=1S/C21H31NO4.C2H6/c1-17-7-8-21(25-4)16-20(17)10-13-22-12-9-19(6-5-14-24-3)11-15-26-18(2)23;1-2/h5-8,11,16,22H,9-10,12-15H2,1-4H3;1-2H3/b6-5-,19-11+;. The Hall–Kier alpha value is -2.11. The Balaban J connectivity index is 0.00000352. The molecule has 0 aliphatic rings. The van der Waals surface area contributed by atoms with E-state index in [1.54, 1.807) is 14.2 Å². The van der Waals surface area contributed by atoms with E-state index in [9.17, 15) is 4.79 Å².